The Hall–Kier alpha value is -2.44. The average molecular weight is 333 g/mol. The van der Waals surface area contributed by atoms with Crippen LogP contribution in [0.15, 0.2) is 18.2 Å². The van der Waals surface area contributed by atoms with Gasteiger partial charge in [0.15, 0.2) is 0 Å². The third kappa shape index (κ3) is 4.53. The molecule has 1 aromatic carbocycles. The van der Waals surface area contributed by atoms with Crippen LogP contribution in [0.4, 0.5) is 5.69 Å². The molecule has 0 spiro atoms. The molecule has 7 nitrogen and oxygen atoms in total. The molecule has 0 fully saturated rings. The second-order valence-corrected chi connectivity index (χ2v) is 5.74. The van der Waals surface area contributed by atoms with Crippen molar-refractivity contribution in [1.82, 2.24) is 9.55 Å². The van der Waals surface area contributed by atoms with Gasteiger partial charge in [-0.25, -0.2) is 4.98 Å². The topological polar surface area (TPSA) is 87.3 Å². The lowest BCUT2D eigenvalue weighted by atomic mass is 10.1. The molecule has 0 saturated carbocycles. The third-order valence-corrected chi connectivity index (χ3v) is 4.00. The van der Waals surface area contributed by atoms with Crippen LogP contribution in [0.5, 0.6) is 0 Å². The maximum atomic E-state index is 11.2. The quantitative estimate of drug-likeness (QED) is 0.303. The number of hydrogen-bond donors (Lipinski definition) is 0. The number of unbranched alkanes of at least 4 members (excludes halogenated alkanes) is 3. The molecule has 0 aliphatic rings. The lowest BCUT2D eigenvalue weighted by Gasteiger charge is -2.03. The summed E-state index contributed by atoms with van der Waals surface area (Å²) in [6.45, 7) is 2.24. The van der Waals surface area contributed by atoms with E-state index in [2.05, 4.69) is 4.98 Å². The van der Waals surface area contributed by atoms with E-state index in [4.69, 9.17) is 4.74 Å². The van der Waals surface area contributed by atoms with Crippen molar-refractivity contribution in [3.63, 3.8) is 0 Å². The highest BCUT2D eigenvalue weighted by molar-refractivity contribution is 5.78. The maximum absolute atomic E-state index is 11.2. The number of non-ortho nitro benzene ring substituents is 1. The van der Waals surface area contributed by atoms with Gasteiger partial charge in [-0.3, -0.25) is 14.9 Å². The number of benzene rings is 1. The van der Waals surface area contributed by atoms with Gasteiger partial charge in [0.05, 0.1) is 22.6 Å². The standard InChI is InChI=1S/C17H23N3O4/c1-3-24-17(21)9-7-5-4-6-8-16-18-14-12-13(20(22)23)10-11-15(14)19(16)2/h10-12H,3-9H2,1-2H3. The van der Waals surface area contributed by atoms with Crippen LogP contribution in [-0.2, 0) is 23.0 Å². The summed E-state index contributed by atoms with van der Waals surface area (Å²) in [5.41, 5.74) is 1.62. The first-order valence-electron chi connectivity index (χ1n) is 8.28. The number of rotatable bonds is 9. The van der Waals surface area contributed by atoms with Crippen LogP contribution in [0.1, 0.15) is 44.9 Å². The Labute approximate surface area is 140 Å². The molecule has 130 valence electrons. The van der Waals surface area contributed by atoms with E-state index in [1.807, 2.05) is 18.5 Å². The number of carbonyl (C=O) groups is 1. The molecule has 7 heteroatoms. The highest BCUT2D eigenvalue weighted by Gasteiger charge is 2.12. The van der Waals surface area contributed by atoms with Crippen molar-refractivity contribution in [3.05, 3.63) is 34.1 Å². The highest BCUT2D eigenvalue weighted by atomic mass is 16.6. The summed E-state index contributed by atoms with van der Waals surface area (Å²) in [7, 11) is 1.93. The Morgan fingerprint density at radius 3 is 2.75 bits per heavy atom. The summed E-state index contributed by atoms with van der Waals surface area (Å²) < 4.78 is 6.88. The average Bonchev–Trinajstić information content (AvgIpc) is 2.86. The maximum Gasteiger partial charge on any atom is 0.305 e. The largest absolute Gasteiger partial charge is 0.466 e. The molecule has 2 rings (SSSR count). The van der Waals surface area contributed by atoms with E-state index in [1.54, 1.807) is 6.07 Å². The second-order valence-electron chi connectivity index (χ2n) is 5.74. The molecular weight excluding hydrogens is 310 g/mol. The minimum atomic E-state index is -0.405. The summed E-state index contributed by atoms with van der Waals surface area (Å²) in [6, 6.07) is 4.75. The van der Waals surface area contributed by atoms with Gasteiger partial charge in [-0.15, -0.1) is 0 Å². The van der Waals surface area contributed by atoms with Gasteiger partial charge in [-0.05, 0) is 25.8 Å². The van der Waals surface area contributed by atoms with Gasteiger partial charge in [0, 0.05) is 32.0 Å². The predicted octanol–water partition coefficient (Wildman–Crippen LogP) is 3.54. The molecule has 24 heavy (non-hydrogen) atoms. The van der Waals surface area contributed by atoms with E-state index in [-0.39, 0.29) is 11.7 Å². The lowest BCUT2D eigenvalue weighted by Crippen LogP contribution is -2.03. The number of ether oxygens (including phenoxy) is 1. The van der Waals surface area contributed by atoms with Crippen LogP contribution in [-0.4, -0.2) is 27.1 Å². The zero-order chi connectivity index (χ0) is 17.5. The van der Waals surface area contributed by atoms with Gasteiger partial charge in [0.25, 0.3) is 5.69 Å². The number of carbonyl (C=O) groups excluding carboxylic acids is 1. The molecule has 2 aromatic rings. The fourth-order valence-corrected chi connectivity index (χ4v) is 2.71. The monoisotopic (exact) mass is 333 g/mol. The number of nitro groups is 1. The normalized spacial score (nSPS) is 10.9. The van der Waals surface area contributed by atoms with Crippen LogP contribution in [0.3, 0.4) is 0 Å². The number of aromatic nitrogens is 2. The Kier molecular flexibility index (Phi) is 6.28. The third-order valence-electron chi connectivity index (χ3n) is 4.00. The molecule has 0 atom stereocenters. The molecular formula is C17H23N3O4. The van der Waals surface area contributed by atoms with Crippen molar-refractivity contribution < 1.29 is 14.5 Å². The molecule has 0 aliphatic heterocycles. The van der Waals surface area contributed by atoms with Crippen molar-refractivity contribution in [1.29, 1.82) is 0 Å². The van der Waals surface area contributed by atoms with Gasteiger partial charge < -0.3 is 9.30 Å². The molecule has 0 saturated heterocycles. The fourth-order valence-electron chi connectivity index (χ4n) is 2.71. The minimum Gasteiger partial charge on any atom is -0.466 e. The number of nitro benzene ring substituents is 1. The molecule has 0 N–H and O–H groups in total. The van der Waals surface area contributed by atoms with Gasteiger partial charge in [-0.1, -0.05) is 12.8 Å². The van der Waals surface area contributed by atoms with Gasteiger partial charge in [0.1, 0.15) is 5.82 Å². The Morgan fingerprint density at radius 2 is 2.04 bits per heavy atom. The van der Waals surface area contributed by atoms with E-state index in [9.17, 15) is 14.9 Å². The van der Waals surface area contributed by atoms with Crippen molar-refractivity contribution in [2.75, 3.05) is 6.61 Å². The van der Waals surface area contributed by atoms with Crippen molar-refractivity contribution in [2.24, 2.45) is 7.05 Å². The van der Waals surface area contributed by atoms with Crippen molar-refractivity contribution >= 4 is 22.7 Å². The fraction of sp³-hybridized carbons (Fsp3) is 0.529. The van der Waals surface area contributed by atoms with Crippen LogP contribution < -0.4 is 0 Å². The Morgan fingerprint density at radius 1 is 1.29 bits per heavy atom. The molecule has 0 bridgehead atoms. The number of esters is 1. The molecule has 0 aliphatic carbocycles. The number of nitrogens with zero attached hydrogens (tertiary/aromatic N) is 3. The van der Waals surface area contributed by atoms with E-state index < -0.39 is 4.92 Å². The van der Waals surface area contributed by atoms with Crippen molar-refractivity contribution in [2.45, 2.75) is 45.4 Å². The Bertz CT molecular complexity index is 724. The van der Waals surface area contributed by atoms with E-state index >= 15 is 0 Å². The molecule has 1 aromatic heterocycles. The van der Waals surface area contributed by atoms with Gasteiger partial charge in [0.2, 0.25) is 0 Å². The van der Waals surface area contributed by atoms with Gasteiger partial charge in [-0.2, -0.15) is 0 Å². The number of aryl methyl sites for hydroxylation is 2. The van der Waals surface area contributed by atoms with Gasteiger partial charge >= 0.3 is 5.97 Å². The van der Waals surface area contributed by atoms with Crippen LogP contribution in [0.25, 0.3) is 11.0 Å². The summed E-state index contributed by atoms with van der Waals surface area (Å²) in [5, 5.41) is 10.8. The van der Waals surface area contributed by atoms with Crippen LogP contribution in [0.2, 0.25) is 0 Å². The van der Waals surface area contributed by atoms with Crippen molar-refractivity contribution in [3.8, 4) is 0 Å². The molecule has 0 unspecified atom stereocenters. The lowest BCUT2D eigenvalue weighted by molar-refractivity contribution is -0.384. The highest BCUT2D eigenvalue weighted by Crippen LogP contribution is 2.22. The number of imidazole rings is 1. The molecule has 0 amide bonds. The Balaban J connectivity index is 1.83. The minimum absolute atomic E-state index is 0.0612. The summed E-state index contributed by atoms with van der Waals surface area (Å²) in [4.78, 5) is 26.2. The zero-order valence-corrected chi connectivity index (χ0v) is 14.2. The predicted molar refractivity (Wildman–Crippen MR) is 90.8 cm³/mol. The first-order chi connectivity index (χ1) is 11.5. The smallest absolute Gasteiger partial charge is 0.305 e. The zero-order valence-electron chi connectivity index (χ0n) is 14.2. The van der Waals surface area contributed by atoms with E-state index in [0.717, 1.165) is 43.4 Å². The summed E-state index contributed by atoms with van der Waals surface area (Å²) >= 11 is 0. The van der Waals surface area contributed by atoms with E-state index in [1.165, 1.54) is 12.1 Å². The van der Waals surface area contributed by atoms with Crippen LogP contribution >= 0.6 is 0 Å². The summed E-state index contributed by atoms with van der Waals surface area (Å²) in [6.07, 6.45) is 5.11. The first-order valence-corrected chi connectivity index (χ1v) is 8.28. The van der Waals surface area contributed by atoms with Crippen LogP contribution in [0, 0.1) is 10.1 Å². The number of hydrogen-bond acceptors (Lipinski definition) is 5. The first kappa shape index (κ1) is 17.9. The van der Waals surface area contributed by atoms with E-state index in [0.29, 0.717) is 18.5 Å². The summed E-state index contributed by atoms with van der Waals surface area (Å²) in [5.74, 6) is 0.797. The second kappa shape index (κ2) is 8.42. The SMILES string of the molecule is CCOC(=O)CCCCCCc1nc2cc([N+](=O)[O-])ccc2n1C. The number of fused-ring (bicyclic) bond motifs is 1. The molecule has 0 radical (unpaired) electrons. The molecule has 1 heterocycles.